The Labute approximate surface area is 101 Å². The second-order valence-corrected chi connectivity index (χ2v) is 5.93. The summed E-state index contributed by atoms with van der Waals surface area (Å²) in [6, 6.07) is 6.68. The molecule has 1 unspecified atom stereocenters. The largest absolute Gasteiger partial charge is 0.394 e. The Morgan fingerprint density at radius 2 is 2.12 bits per heavy atom. The van der Waals surface area contributed by atoms with E-state index in [4.69, 9.17) is 10.8 Å². The van der Waals surface area contributed by atoms with E-state index in [9.17, 15) is 0 Å². The van der Waals surface area contributed by atoms with E-state index in [1.807, 2.05) is 6.92 Å². The molecule has 1 aromatic rings. The zero-order valence-corrected chi connectivity index (χ0v) is 10.5. The first kappa shape index (κ1) is 12.0. The Morgan fingerprint density at radius 3 is 2.88 bits per heavy atom. The molecule has 0 fully saturated rings. The zero-order chi connectivity index (χ0) is 11.6. The SMILES string of the molecule is CC(N)(CO)CSc1ccc2c(c1)CCC2. The van der Waals surface area contributed by atoms with Gasteiger partial charge in [0.1, 0.15) is 0 Å². The van der Waals surface area contributed by atoms with Crippen molar-refractivity contribution in [1.29, 1.82) is 0 Å². The molecule has 0 bridgehead atoms. The van der Waals surface area contributed by atoms with Gasteiger partial charge in [-0.25, -0.2) is 0 Å². The lowest BCUT2D eigenvalue weighted by atomic mass is 10.1. The fourth-order valence-corrected chi connectivity index (χ4v) is 2.91. The van der Waals surface area contributed by atoms with Gasteiger partial charge in [0, 0.05) is 16.2 Å². The van der Waals surface area contributed by atoms with Crippen LogP contribution >= 0.6 is 11.8 Å². The van der Waals surface area contributed by atoms with Gasteiger partial charge in [-0.15, -0.1) is 11.8 Å². The number of thioether (sulfide) groups is 1. The topological polar surface area (TPSA) is 46.2 Å². The number of aliphatic hydroxyl groups is 1. The van der Waals surface area contributed by atoms with Crippen LogP contribution in [-0.4, -0.2) is 23.0 Å². The molecule has 0 heterocycles. The number of benzene rings is 1. The molecule has 1 aliphatic rings. The molecule has 2 rings (SSSR count). The van der Waals surface area contributed by atoms with Crippen LogP contribution in [-0.2, 0) is 12.8 Å². The summed E-state index contributed by atoms with van der Waals surface area (Å²) < 4.78 is 0. The van der Waals surface area contributed by atoms with Gasteiger partial charge in [-0.3, -0.25) is 0 Å². The molecular weight excluding hydrogens is 218 g/mol. The average molecular weight is 237 g/mol. The van der Waals surface area contributed by atoms with E-state index in [0.29, 0.717) is 0 Å². The molecule has 0 aliphatic heterocycles. The molecule has 1 aliphatic carbocycles. The third-order valence-electron chi connectivity index (χ3n) is 3.00. The number of aryl methyl sites for hydroxylation is 2. The van der Waals surface area contributed by atoms with Crippen molar-refractivity contribution in [3.63, 3.8) is 0 Å². The highest BCUT2D eigenvalue weighted by Gasteiger charge is 2.18. The van der Waals surface area contributed by atoms with Gasteiger partial charge in [-0.05, 0) is 49.4 Å². The average Bonchev–Trinajstić information content (AvgIpc) is 2.73. The van der Waals surface area contributed by atoms with E-state index in [1.54, 1.807) is 11.8 Å². The lowest BCUT2D eigenvalue weighted by Gasteiger charge is -2.20. The van der Waals surface area contributed by atoms with Gasteiger partial charge < -0.3 is 10.8 Å². The minimum Gasteiger partial charge on any atom is -0.394 e. The highest BCUT2D eigenvalue weighted by molar-refractivity contribution is 7.99. The lowest BCUT2D eigenvalue weighted by Crippen LogP contribution is -2.42. The predicted molar refractivity (Wildman–Crippen MR) is 68.9 cm³/mol. The van der Waals surface area contributed by atoms with Crippen LogP contribution in [0.1, 0.15) is 24.5 Å². The number of nitrogens with two attached hydrogens (primary N) is 1. The number of hydrogen-bond acceptors (Lipinski definition) is 3. The summed E-state index contributed by atoms with van der Waals surface area (Å²) >= 11 is 1.73. The van der Waals surface area contributed by atoms with Crippen molar-refractivity contribution < 1.29 is 5.11 Å². The van der Waals surface area contributed by atoms with Gasteiger partial charge in [-0.2, -0.15) is 0 Å². The Balaban J connectivity index is 2.00. The Hall–Kier alpha value is -0.510. The van der Waals surface area contributed by atoms with Crippen LogP contribution in [0.4, 0.5) is 0 Å². The molecule has 0 saturated carbocycles. The second-order valence-electron chi connectivity index (χ2n) is 4.88. The zero-order valence-electron chi connectivity index (χ0n) is 9.70. The molecule has 0 radical (unpaired) electrons. The molecule has 0 amide bonds. The maximum atomic E-state index is 9.09. The first-order chi connectivity index (χ1) is 7.61. The fraction of sp³-hybridized carbons (Fsp3) is 0.538. The molecule has 88 valence electrons. The number of aliphatic hydroxyl groups excluding tert-OH is 1. The minimum absolute atomic E-state index is 0.0327. The third-order valence-corrected chi connectivity index (χ3v) is 4.39. The molecular formula is C13H19NOS. The molecule has 1 atom stereocenters. The van der Waals surface area contributed by atoms with Crippen LogP contribution < -0.4 is 5.73 Å². The molecule has 0 saturated heterocycles. The molecule has 3 heteroatoms. The van der Waals surface area contributed by atoms with Crippen LogP contribution in [0.5, 0.6) is 0 Å². The highest BCUT2D eigenvalue weighted by atomic mass is 32.2. The monoisotopic (exact) mass is 237 g/mol. The Bertz CT molecular complexity index is 376. The van der Waals surface area contributed by atoms with Crippen molar-refractivity contribution in [2.45, 2.75) is 36.6 Å². The summed E-state index contributed by atoms with van der Waals surface area (Å²) in [4.78, 5) is 1.27. The van der Waals surface area contributed by atoms with Crippen molar-refractivity contribution in [3.8, 4) is 0 Å². The van der Waals surface area contributed by atoms with Gasteiger partial charge in [0.05, 0.1) is 6.61 Å². The van der Waals surface area contributed by atoms with E-state index in [-0.39, 0.29) is 6.61 Å². The van der Waals surface area contributed by atoms with Crippen molar-refractivity contribution >= 4 is 11.8 Å². The highest BCUT2D eigenvalue weighted by Crippen LogP contribution is 2.28. The maximum Gasteiger partial charge on any atom is 0.0616 e. The summed E-state index contributed by atoms with van der Waals surface area (Å²) in [5, 5.41) is 9.09. The van der Waals surface area contributed by atoms with Crippen LogP contribution in [0.3, 0.4) is 0 Å². The van der Waals surface area contributed by atoms with Gasteiger partial charge >= 0.3 is 0 Å². The quantitative estimate of drug-likeness (QED) is 0.787. The summed E-state index contributed by atoms with van der Waals surface area (Å²) in [7, 11) is 0. The minimum atomic E-state index is -0.482. The van der Waals surface area contributed by atoms with Crippen molar-refractivity contribution in [2.75, 3.05) is 12.4 Å². The number of rotatable bonds is 4. The van der Waals surface area contributed by atoms with Crippen molar-refractivity contribution in [1.82, 2.24) is 0 Å². The molecule has 16 heavy (non-hydrogen) atoms. The van der Waals surface area contributed by atoms with E-state index in [1.165, 1.54) is 35.3 Å². The summed E-state index contributed by atoms with van der Waals surface area (Å²) in [6.45, 7) is 1.91. The van der Waals surface area contributed by atoms with E-state index in [2.05, 4.69) is 18.2 Å². The number of fused-ring (bicyclic) bond motifs is 1. The summed E-state index contributed by atoms with van der Waals surface area (Å²) in [5.41, 5.74) is 8.42. The van der Waals surface area contributed by atoms with Crippen LogP contribution in [0, 0.1) is 0 Å². The van der Waals surface area contributed by atoms with Crippen molar-refractivity contribution in [3.05, 3.63) is 29.3 Å². The number of hydrogen-bond donors (Lipinski definition) is 2. The lowest BCUT2D eigenvalue weighted by molar-refractivity contribution is 0.224. The normalized spacial score (nSPS) is 18.2. The standard InChI is InChI=1S/C13H19NOS/c1-13(14,8-15)9-16-12-6-5-10-3-2-4-11(10)7-12/h5-7,15H,2-4,8-9,14H2,1H3. The third kappa shape index (κ3) is 2.78. The molecule has 1 aromatic carbocycles. The van der Waals surface area contributed by atoms with E-state index < -0.39 is 5.54 Å². The van der Waals surface area contributed by atoms with Gasteiger partial charge in [0.15, 0.2) is 0 Å². The Morgan fingerprint density at radius 1 is 1.38 bits per heavy atom. The molecule has 3 N–H and O–H groups in total. The molecule has 2 nitrogen and oxygen atoms in total. The maximum absolute atomic E-state index is 9.09. The van der Waals surface area contributed by atoms with Gasteiger partial charge in [0.2, 0.25) is 0 Å². The first-order valence-corrected chi connectivity index (χ1v) is 6.74. The van der Waals surface area contributed by atoms with Crippen LogP contribution in [0.25, 0.3) is 0 Å². The summed E-state index contributed by atoms with van der Waals surface area (Å²) in [5.74, 6) is 0.752. The van der Waals surface area contributed by atoms with E-state index >= 15 is 0 Å². The first-order valence-electron chi connectivity index (χ1n) is 5.75. The van der Waals surface area contributed by atoms with Crippen LogP contribution in [0.2, 0.25) is 0 Å². The van der Waals surface area contributed by atoms with Crippen molar-refractivity contribution in [2.24, 2.45) is 5.73 Å². The second kappa shape index (κ2) is 4.78. The van der Waals surface area contributed by atoms with Crippen LogP contribution in [0.15, 0.2) is 23.1 Å². The predicted octanol–water partition coefficient (Wildman–Crippen LogP) is 1.98. The van der Waals surface area contributed by atoms with E-state index in [0.717, 1.165) is 5.75 Å². The fourth-order valence-electron chi connectivity index (χ4n) is 1.93. The molecule has 0 aromatic heterocycles. The smallest absolute Gasteiger partial charge is 0.0616 e. The van der Waals surface area contributed by atoms with Gasteiger partial charge in [0.25, 0.3) is 0 Å². The molecule has 0 spiro atoms. The Kier molecular flexibility index (Phi) is 3.57. The summed E-state index contributed by atoms with van der Waals surface area (Å²) in [6.07, 6.45) is 3.73. The van der Waals surface area contributed by atoms with Gasteiger partial charge in [-0.1, -0.05) is 6.07 Å².